The topological polar surface area (TPSA) is 66.5 Å². The number of amides is 1. The smallest absolute Gasteiger partial charge is 0.328 e. The second-order valence-electron chi connectivity index (χ2n) is 8.24. The van der Waals surface area contributed by atoms with Crippen LogP contribution in [0.1, 0.15) is 75.8 Å². The Morgan fingerprint density at radius 3 is 2.03 bits per heavy atom. The van der Waals surface area contributed by atoms with E-state index in [1.54, 1.807) is 0 Å². The quantitative estimate of drug-likeness (QED) is 0.730. The summed E-state index contributed by atoms with van der Waals surface area (Å²) in [5, 5.41) is 0. The normalized spacial score (nSPS) is 22.4. The van der Waals surface area contributed by atoms with E-state index in [0.29, 0.717) is 18.4 Å². The van der Waals surface area contributed by atoms with E-state index in [9.17, 15) is 26.4 Å². The Balaban J connectivity index is 1.70. The molecule has 1 aromatic rings. The molecule has 1 heterocycles. The summed E-state index contributed by atoms with van der Waals surface area (Å²) in [6.45, 7) is 0.0479. The van der Waals surface area contributed by atoms with Crippen molar-refractivity contribution in [3.05, 3.63) is 29.8 Å². The number of sulfonamides is 1. The molecule has 9 heteroatoms. The average molecular weight is 447 g/mol. The maximum atomic E-state index is 12.8. The number of nitrogens with zero attached hydrogens (tertiary/aromatic N) is 1. The van der Waals surface area contributed by atoms with Crippen LogP contribution in [0.5, 0.6) is 0 Å². The summed E-state index contributed by atoms with van der Waals surface area (Å²) in [4.78, 5) is 12.6. The van der Waals surface area contributed by atoms with Gasteiger partial charge in [-0.25, -0.2) is 13.1 Å². The van der Waals surface area contributed by atoms with Gasteiger partial charge in [-0.1, -0.05) is 50.7 Å². The van der Waals surface area contributed by atoms with E-state index in [1.807, 2.05) is 0 Å². The van der Waals surface area contributed by atoms with E-state index < -0.39 is 28.1 Å². The Morgan fingerprint density at radius 1 is 0.900 bits per heavy atom. The van der Waals surface area contributed by atoms with Crippen molar-refractivity contribution in [2.75, 3.05) is 6.54 Å². The summed E-state index contributed by atoms with van der Waals surface area (Å²) >= 11 is 0. The third-order valence-corrected chi connectivity index (χ3v) is 7.54. The van der Waals surface area contributed by atoms with Gasteiger partial charge in [0.2, 0.25) is 10.0 Å². The van der Waals surface area contributed by atoms with E-state index in [0.717, 1.165) is 43.4 Å². The SMILES string of the molecule is O=C(N1CCCC1c1ccc(S(=O)(=O)NC2CCCCCCCC2)cc1)C(F)(F)F. The number of hydrogen-bond acceptors (Lipinski definition) is 3. The molecule has 3 rings (SSSR count). The predicted octanol–water partition coefficient (Wildman–Crippen LogP) is 4.69. The van der Waals surface area contributed by atoms with Gasteiger partial charge in [0.15, 0.2) is 0 Å². The highest BCUT2D eigenvalue weighted by Gasteiger charge is 2.46. The average Bonchev–Trinajstić information content (AvgIpc) is 3.20. The Labute approximate surface area is 176 Å². The van der Waals surface area contributed by atoms with Crippen molar-refractivity contribution in [2.45, 2.75) is 87.4 Å². The zero-order valence-corrected chi connectivity index (χ0v) is 17.8. The van der Waals surface area contributed by atoms with Gasteiger partial charge in [-0.2, -0.15) is 13.2 Å². The van der Waals surface area contributed by atoms with Crippen LogP contribution in [0.15, 0.2) is 29.2 Å². The molecule has 1 aliphatic heterocycles. The minimum atomic E-state index is -4.91. The van der Waals surface area contributed by atoms with Crippen molar-refractivity contribution >= 4 is 15.9 Å². The van der Waals surface area contributed by atoms with Crippen LogP contribution in [0.25, 0.3) is 0 Å². The van der Waals surface area contributed by atoms with Crippen molar-refractivity contribution in [2.24, 2.45) is 0 Å². The zero-order chi connectivity index (χ0) is 21.8. The molecular formula is C21H29F3N2O3S. The third-order valence-electron chi connectivity index (χ3n) is 6.01. The molecule has 2 aliphatic rings. The molecule has 1 aliphatic carbocycles. The largest absolute Gasteiger partial charge is 0.471 e. The van der Waals surface area contributed by atoms with E-state index in [1.165, 1.54) is 37.1 Å². The molecule has 2 fully saturated rings. The maximum absolute atomic E-state index is 12.8. The Hall–Kier alpha value is -1.61. The Bertz CT molecular complexity index is 815. The van der Waals surface area contributed by atoms with Crippen LogP contribution in [0.4, 0.5) is 13.2 Å². The highest BCUT2D eigenvalue weighted by Crippen LogP contribution is 2.35. The number of carbonyl (C=O) groups excluding carboxylic acids is 1. The molecule has 1 N–H and O–H groups in total. The van der Waals surface area contributed by atoms with Crippen molar-refractivity contribution in [1.82, 2.24) is 9.62 Å². The minimum Gasteiger partial charge on any atom is -0.328 e. The molecular weight excluding hydrogens is 417 g/mol. The fourth-order valence-electron chi connectivity index (χ4n) is 4.43. The number of hydrogen-bond donors (Lipinski definition) is 1. The van der Waals surface area contributed by atoms with Crippen molar-refractivity contribution < 1.29 is 26.4 Å². The standard InChI is InChI=1S/C21H29F3N2O3S/c22-21(23,24)20(27)26-15-7-10-19(26)16-11-13-18(14-12-16)30(28,29)25-17-8-5-3-1-2-4-6-9-17/h11-14,17,19,25H,1-10,15H2. The minimum absolute atomic E-state index is 0.0479. The monoisotopic (exact) mass is 446 g/mol. The summed E-state index contributed by atoms with van der Waals surface area (Å²) < 4.78 is 66.9. The maximum Gasteiger partial charge on any atom is 0.471 e. The first-order chi connectivity index (χ1) is 14.2. The molecule has 0 radical (unpaired) electrons. The van der Waals surface area contributed by atoms with E-state index >= 15 is 0 Å². The van der Waals surface area contributed by atoms with Crippen LogP contribution in [0.2, 0.25) is 0 Å². The van der Waals surface area contributed by atoms with Crippen molar-refractivity contribution in [1.29, 1.82) is 0 Å². The molecule has 1 saturated heterocycles. The van der Waals surface area contributed by atoms with Gasteiger partial charge in [0, 0.05) is 12.6 Å². The Kier molecular flexibility index (Phi) is 7.44. The molecule has 30 heavy (non-hydrogen) atoms. The first-order valence-corrected chi connectivity index (χ1v) is 12.2. The van der Waals surface area contributed by atoms with Crippen molar-refractivity contribution in [3.8, 4) is 0 Å². The van der Waals surface area contributed by atoms with Crippen LogP contribution in [-0.4, -0.2) is 38.0 Å². The van der Waals surface area contributed by atoms with Gasteiger partial charge in [-0.3, -0.25) is 4.79 Å². The summed E-state index contributed by atoms with van der Waals surface area (Å²) in [5.41, 5.74) is 0.520. The number of rotatable bonds is 4. The molecule has 0 spiro atoms. The molecule has 1 aromatic carbocycles. The lowest BCUT2D eigenvalue weighted by Crippen LogP contribution is -2.40. The second kappa shape index (κ2) is 9.68. The highest BCUT2D eigenvalue weighted by molar-refractivity contribution is 7.89. The lowest BCUT2D eigenvalue weighted by atomic mass is 10.0. The number of halogens is 3. The number of carbonyl (C=O) groups is 1. The van der Waals surface area contributed by atoms with Crippen molar-refractivity contribution in [3.63, 3.8) is 0 Å². The molecule has 0 bridgehead atoms. The number of likely N-dealkylation sites (tertiary alicyclic amines) is 1. The second-order valence-corrected chi connectivity index (χ2v) is 9.95. The predicted molar refractivity (Wildman–Crippen MR) is 107 cm³/mol. The highest BCUT2D eigenvalue weighted by atomic mass is 32.2. The number of benzene rings is 1. The fraction of sp³-hybridized carbons (Fsp3) is 0.667. The molecule has 1 saturated carbocycles. The van der Waals surface area contributed by atoms with E-state index in [2.05, 4.69) is 4.72 Å². The van der Waals surface area contributed by atoms with Crippen LogP contribution < -0.4 is 4.72 Å². The third kappa shape index (κ3) is 5.75. The van der Waals surface area contributed by atoms with Gasteiger partial charge >= 0.3 is 12.1 Å². The molecule has 5 nitrogen and oxygen atoms in total. The molecule has 168 valence electrons. The molecule has 1 unspecified atom stereocenters. The molecule has 0 aromatic heterocycles. The number of alkyl halides is 3. The fourth-order valence-corrected chi connectivity index (χ4v) is 5.73. The first-order valence-electron chi connectivity index (χ1n) is 10.7. The van der Waals surface area contributed by atoms with Crippen LogP contribution in [0, 0.1) is 0 Å². The lowest BCUT2D eigenvalue weighted by molar-refractivity contribution is -0.186. The van der Waals surface area contributed by atoms with E-state index in [4.69, 9.17) is 0 Å². The summed E-state index contributed by atoms with van der Waals surface area (Å²) in [6.07, 6.45) is 4.22. The van der Waals surface area contributed by atoms with Gasteiger partial charge in [0.05, 0.1) is 10.9 Å². The summed E-state index contributed by atoms with van der Waals surface area (Å²) in [7, 11) is -3.70. The summed E-state index contributed by atoms with van der Waals surface area (Å²) in [6, 6.07) is 5.10. The van der Waals surface area contributed by atoms with Gasteiger partial charge in [-0.15, -0.1) is 0 Å². The summed E-state index contributed by atoms with van der Waals surface area (Å²) in [5.74, 6) is -1.84. The van der Waals surface area contributed by atoms with Gasteiger partial charge < -0.3 is 4.90 Å². The van der Waals surface area contributed by atoms with Gasteiger partial charge in [-0.05, 0) is 43.4 Å². The first kappa shape index (κ1) is 23.1. The lowest BCUT2D eigenvalue weighted by Gasteiger charge is -2.26. The molecule has 1 atom stereocenters. The number of nitrogens with one attached hydrogen (secondary N) is 1. The van der Waals surface area contributed by atoms with E-state index in [-0.39, 0.29) is 17.5 Å². The zero-order valence-electron chi connectivity index (χ0n) is 17.0. The van der Waals surface area contributed by atoms with Crippen LogP contribution in [0.3, 0.4) is 0 Å². The van der Waals surface area contributed by atoms with Crippen LogP contribution >= 0.6 is 0 Å². The van der Waals surface area contributed by atoms with Gasteiger partial charge in [0.25, 0.3) is 0 Å². The molecule has 1 amide bonds. The Morgan fingerprint density at radius 2 is 1.47 bits per heavy atom. The van der Waals surface area contributed by atoms with Crippen LogP contribution in [-0.2, 0) is 14.8 Å². The van der Waals surface area contributed by atoms with Gasteiger partial charge in [0.1, 0.15) is 0 Å².